The number of nitrogens with zero attached hydrogens (tertiary/aromatic N) is 2. The van der Waals surface area contributed by atoms with E-state index in [1.807, 2.05) is 60.7 Å². The molecule has 5 nitrogen and oxygen atoms in total. The van der Waals surface area contributed by atoms with Gasteiger partial charge >= 0.3 is 0 Å². The van der Waals surface area contributed by atoms with Gasteiger partial charge in [-0.1, -0.05) is 48.5 Å². The molecular weight excluding hydrogens is 388 g/mol. The van der Waals surface area contributed by atoms with Gasteiger partial charge in [0.05, 0.1) is 0 Å². The van der Waals surface area contributed by atoms with E-state index in [2.05, 4.69) is 34.1 Å². The number of benzene rings is 3. The summed E-state index contributed by atoms with van der Waals surface area (Å²) in [5, 5.41) is 10.4. The number of aliphatic hydroxyl groups is 1. The summed E-state index contributed by atoms with van der Waals surface area (Å²) in [4.78, 5) is 4.69. The Balaban J connectivity index is 1.16. The molecule has 0 spiro atoms. The maximum Gasteiger partial charge on any atom is 0.120 e. The lowest BCUT2D eigenvalue weighted by Gasteiger charge is -2.36. The number of hydrogen-bond donors (Lipinski definition) is 1. The summed E-state index contributed by atoms with van der Waals surface area (Å²) in [5.41, 5.74) is 2.40. The first kappa shape index (κ1) is 21.2. The van der Waals surface area contributed by atoms with Crippen LogP contribution in [0.3, 0.4) is 0 Å². The molecule has 0 amide bonds. The second-order valence-corrected chi connectivity index (χ2v) is 7.83. The number of anilines is 1. The Morgan fingerprint density at radius 1 is 0.710 bits per heavy atom. The van der Waals surface area contributed by atoms with Crippen LogP contribution in [0, 0.1) is 0 Å². The summed E-state index contributed by atoms with van der Waals surface area (Å²) < 4.78 is 11.6. The molecule has 1 fully saturated rings. The van der Waals surface area contributed by atoms with Gasteiger partial charge in [-0.25, -0.2) is 0 Å². The van der Waals surface area contributed by atoms with E-state index in [1.54, 1.807) is 0 Å². The van der Waals surface area contributed by atoms with Crippen molar-refractivity contribution in [3.63, 3.8) is 0 Å². The number of β-amino-alcohol motifs (C(OH)–C–C–N with tert-alkyl or cyclic N) is 1. The number of aliphatic hydroxyl groups excluding tert-OH is 1. The summed E-state index contributed by atoms with van der Waals surface area (Å²) in [5.74, 6) is 1.54. The fraction of sp³-hybridized carbons (Fsp3) is 0.308. The zero-order valence-corrected chi connectivity index (χ0v) is 17.8. The Labute approximate surface area is 184 Å². The molecule has 0 aromatic heterocycles. The third-order valence-corrected chi connectivity index (χ3v) is 5.48. The van der Waals surface area contributed by atoms with Crippen molar-refractivity contribution >= 4 is 5.69 Å². The van der Waals surface area contributed by atoms with Crippen molar-refractivity contribution in [2.45, 2.75) is 12.7 Å². The zero-order valence-electron chi connectivity index (χ0n) is 17.8. The fourth-order valence-corrected chi connectivity index (χ4v) is 3.74. The molecule has 0 bridgehead atoms. The summed E-state index contributed by atoms with van der Waals surface area (Å²) in [6, 6.07) is 28.1. The van der Waals surface area contributed by atoms with Crippen LogP contribution in [0.5, 0.6) is 11.5 Å². The van der Waals surface area contributed by atoms with Crippen molar-refractivity contribution in [2.75, 3.05) is 44.2 Å². The molecule has 3 aromatic rings. The Hall–Kier alpha value is -3.02. The quantitative estimate of drug-likeness (QED) is 0.572. The third kappa shape index (κ3) is 6.48. The molecule has 4 rings (SSSR count). The number of piperazine rings is 1. The summed E-state index contributed by atoms with van der Waals surface area (Å²) in [7, 11) is 0. The van der Waals surface area contributed by atoms with Crippen molar-refractivity contribution in [1.82, 2.24) is 4.90 Å². The molecule has 1 aliphatic rings. The maximum atomic E-state index is 10.4. The topological polar surface area (TPSA) is 45.2 Å². The van der Waals surface area contributed by atoms with Crippen molar-refractivity contribution < 1.29 is 14.6 Å². The normalized spacial score (nSPS) is 15.5. The predicted molar refractivity (Wildman–Crippen MR) is 124 cm³/mol. The lowest BCUT2D eigenvalue weighted by atomic mass is 10.2. The van der Waals surface area contributed by atoms with Crippen molar-refractivity contribution in [3.05, 3.63) is 90.5 Å². The molecule has 1 aliphatic heterocycles. The Bertz CT molecular complexity index is 895. The van der Waals surface area contributed by atoms with Gasteiger partial charge in [0, 0.05) is 38.4 Å². The van der Waals surface area contributed by atoms with E-state index in [4.69, 9.17) is 9.47 Å². The van der Waals surface area contributed by atoms with Crippen LogP contribution >= 0.6 is 0 Å². The molecule has 31 heavy (non-hydrogen) atoms. The van der Waals surface area contributed by atoms with Gasteiger partial charge in [0.2, 0.25) is 0 Å². The molecule has 1 N–H and O–H groups in total. The Morgan fingerprint density at radius 2 is 1.29 bits per heavy atom. The Kier molecular flexibility index (Phi) is 7.42. The molecule has 0 saturated carbocycles. The molecule has 162 valence electrons. The highest BCUT2D eigenvalue weighted by atomic mass is 16.5. The predicted octanol–water partition coefficient (Wildman–Crippen LogP) is 3.83. The van der Waals surface area contributed by atoms with E-state index >= 15 is 0 Å². The zero-order chi connectivity index (χ0) is 21.3. The average Bonchev–Trinajstić information content (AvgIpc) is 2.84. The number of para-hydroxylation sites is 1. The highest BCUT2D eigenvalue weighted by molar-refractivity contribution is 5.46. The van der Waals surface area contributed by atoms with Gasteiger partial charge in [-0.05, 0) is 42.0 Å². The Morgan fingerprint density at radius 3 is 1.94 bits per heavy atom. The summed E-state index contributed by atoms with van der Waals surface area (Å²) in [6.45, 7) is 5.28. The molecule has 3 aromatic carbocycles. The fourth-order valence-electron chi connectivity index (χ4n) is 3.74. The summed E-state index contributed by atoms with van der Waals surface area (Å²) in [6.07, 6.45) is -0.516. The monoisotopic (exact) mass is 418 g/mol. The lowest BCUT2D eigenvalue weighted by molar-refractivity contribution is 0.0663. The second-order valence-electron chi connectivity index (χ2n) is 7.83. The third-order valence-electron chi connectivity index (χ3n) is 5.48. The van der Waals surface area contributed by atoms with Crippen LogP contribution in [-0.4, -0.2) is 55.4 Å². The SMILES string of the molecule is O[C@@H](COc1ccc(OCc2ccccc2)cc1)CN1CCN(c2ccccc2)CC1. The van der Waals surface area contributed by atoms with Crippen LogP contribution in [0.4, 0.5) is 5.69 Å². The van der Waals surface area contributed by atoms with E-state index in [0.717, 1.165) is 43.2 Å². The minimum atomic E-state index is -0.516. The molecular formula is C26H30N2O3. The molecule has 0 aliphatic carbocycles. The molecule has 1 saturated heterocycles. The number of hydrogen-bond acceptors (Lipinski definition) is 5. The highest BCUT2D eigenvalue weighted by Crippen LogP contribution is 2.19. The largest absolute Gasteiger partial charge is 0.491 e. The lowest BCUT2D eigenvalue weighted by Crippen LogP contribution is -2.49. The van der Waals surface area contributed by atoms with E-state index in [-0.39, 0.29) is 6.61 Å². The second kappa shape index (κ2) is 10.8. The number of rotatable bonds is 9. The van der Waals surface area contributed by atoms with Crippen LogP contribution in [0.25, 0.3) is 0 Å². The standard InChI is InChI=1S/C26H30N2O3/c29-24(19-27-15-17-28(18-16-27)23-9-5-2-6-10-23)21-31-26-13-11-25(12-14-26)30-20-22-7-3-1-4-8-22/h1-14,24,29H,15-21H2/t24-/m1/s1. The van der Waals surface area contributed by atoms with Crippen molar-refractivity contribution in [2.24, 2.45) is 0 Å². The molecule has 1 atom stereocenters. The van der Waals surface area contributed by atoms with E-state index < -0.39 is 6.10 Å². The first-order valence-corrected chi connectivity index (χ1v) is 10.9. The minimum Gasteiger partial charge on any atom is -0.491 e. The minimum absolute atomic E-state index is 0.281. The highest BCUT2D eigenvalue weighted by Gasteiger charge is 2.19. The van der Waals surface area contributed by atoms with Gasteiger partial charge in [-0.3, -0.25) is 4.90 Å². The summed E-state index contributed by atoms with van der Waals surface area (Å²) >= 11 is 0. The van der Waals surface area contributed by atoms with E-state index in [9.17, 15) is 5.11 Å². The molecule has 5 heteroatoms. The van der Waals surface area contributed by atoms with Gasteiger partial charge in [0.1, 0.15) is 30.8 Å². The van der Waals surface area contributed by atoms with Crippen LogP contribution in [0.2, 0.25) is 0 Å². The molecule has 1 heterocycles. The van der Waals surface area contributed by atoms with E-state index in [1.165, 1.54) is 5.69 Å². The van der Waals surface area contributed by atoms with Crippen LogP contribution in [-0.2, 0) is 6.61 Å². The van der Waals surface area contributed by atoms with Crippen LogP contribution in [0.1, 0.15) is 5.56 Å². The maximum absolute atomic E-state index is 10.4. The smallest absolute Gasteiger partial charge is 0.120 e. The van der Waals surface area contributed by atoms with Gasteiger partial charge in [0.25, 0.3) is 0 Å². The average molecular weight is 419 g/mol. The van der Waals surface area contributed by atoms with Crippen LogP contribution in [0.15, 0.2) is 84.9 Å². The van der Waals surface area contributed by atoms with Gasteiger partial charge < -0.3 is 19.5 Å². The van der Waals surface area contributed by atoms with E-state index in [0.29, 0.717) is 13.2 Å². The van der Waals surface area contributed by atoms with Crippen molar-refractivity contribution in [3.8, 4) is 11.5 Å². The first-order valence-electron chi connectivity index (χ1n) is 10.9. The van der Waals surface area contributed by atoms with Gasteiger partial charge in [0.15, 0.2) is 0 Å². The van der Waals surface area contributed by atoms with Gasteiger partial charge in [-0.15, -0.1) is 0 Å². The molecule has 0 radical (unpaired) electrons. The molecule has 0 unspecified atom stereocenters. The van der Waals surface area contributed by atoms with Gasteiger partial charge in [-0.2, -0.15) is 0 Å². The number of ether oxygens (including phenoxy) is 2. The van der Waals surface area contributed by atoms with Crippen molar-refractivity contribution in [1.29, 1.82) is 0 Å². The first-order chi connectivity index (χ1) is 15.3. The van der Waals surface area contributed by atoms with Crippen LogP contribution < -0.4 is 14.4 Å².